The summed E-state index contributed by atoms with van der Waals surface area (Å²) in [5, 5.41) is 14.9. The molecule has 0 saturated heterocycles. The van der Waals surface area contributed by atoms with Crippen molar-refractivity contribution in [2.75, 3.05) is 11.9 Å². The van der Waals surface area contributed by atoms with Crippen LogP contribution in [0.2, 0.25) is 0 Å². The number of nitrogens with one attached hydrogen (secondary N) is 1. The molecule has 198 valence electrons. The highest BCUT2D eigenvalue weighted by molar-refractivity contribution is 8.00. The number of benzene rings is 1. The summed E-state index contributed by atoms with van der Waals surface area (Å²) in [5.74, 6) is -0.840. The van der Waals surface area contributed by atoms with E-state index in [9.17, 15) is 18.0 Å². The normalized spacial score (nSPS) is 12.2. The number of hydrogen-bond acceptors (Lipinski definition) is 9. The molecule has 2 heterocycles. The van der Waals surface area contributed by atoms with Gasteiger partial charge >= 0.3 is 5.97 Å². The van der Waals surface area contributed by atoms with Gasteiger partial charge in [-0.1, -0.05) is 42.5 Å². The Morgan fingerprint density at radius 2 is 1.92 bits per heavy atom. The van der Waals surface area contributed by atoms with Gasteiger partial charge < -0.3 is 14.6 Å². The van der Waals surface area contributed by atoms with E-state index in [1.165, 1.54) is 10.9 Å². The standard InChI is InChI=1S/C24H30N6O5S2/c1-6-13-30-20(15-37(33,34)17-11-9-16(4)10-12-17)27-28-24(30)36-19(7-2)22(31)26-21-18(14-25-29(21)5)23(32)35-8-3/h6,9-12,14,19H,1,7-8,13,15H2,2-5H3,(H,26,31). The molecular formula is C24H30N6O5S2. The summed E-state index contributed by atoms with van der Waals surface area (Å²) in [5.41, 5.74) is 1.10. The number of ether oxygens (including phenoxy) is 1. The van der Waals surface area contributed by atoms with Gasteiger partial charge in [0, 0.05) is 13.6 Å². The summed E-state index contributed by atoms with van der Waals surface area (Å²) in [6.07, 6.45) is 3.38. The first-order valence-corrected chi connectivity index (χ1v) is 14.1. The van der Waals surface area contributed by atoms with Gasteiger partial charge in [0.1, 0.15) is 23.0 Å². The van der Waals surface area contributed by atoms with E-state index in [1.807, 2.05) is 13.8 Å². The van der Waals surface area contributed by atoms with Gasteiger partial charge in [0.25, 0.3) is 0 Å². The number of rotatable bonds is 12. The first kappa shape index (κ1) is 28.1. The van der Waals surface area contributed by atoms with Crippen molar-refractivity contribution >= 4 is 39.3 Å². The molecule has 0 spiro atoms. The van der Waals surface area contributed by atoms with Crippen molar-refractivity contribution in [3.63, 3.8) is 0 Å². The number of carbonyl (C=O) groups excluding carboxylic acids is 2. The molecule has 0 saturated carbocycles. The average molecular weight is 547 g/mol. The highest BCUT2D eigenvalue weighted by Crippen LogP contribution is 2.28. The maximum atomic E-state index is 13.1. The third kappa shape index (κ3) is 6.66. The number of thioether (sulfide) groups is 1. The van der Waals surface area contributed by atoms with Crippen molar-refractivity contribution < 1.29 is 22.7 Å². The van der Waals surface area contributed by atoms with E-state index in [1.54, 1.807) is 48.9 Å². The number of carbonyl (C=O) groups is 2. The van der Waals surface area contributed by atoms with Crippen LogP contribution in [0.25, 0.3) is 0 Å². The second kappa shape index (κ2) is 12.2. The van der Waals surface area contributed by atoms with Gasteiger partial charge in [-0.05, 0) is 32.4 Å². The lowest BCUT2D eigenvalue weighted by Crippen LogP contribution is -2.27. The molecule has 0 aliphatic heterocycles. The summed E-state index contributed by atoms with van der Waals surface area (Å²) < 4.78 is 34.0. The highest BCUT2D eigenvalue weighted by atomic mass is 32.2. The molecule has 37 heavy (non-hydrogen) atoms. The monoisotopic (exact) mass is 546 g/mol. The Labute approximate surface area is 220 Å². The maximum Gasteiger partial charge on any atom is 0.343 e. The summed E-state index contributed by atoms with van der Waals surface area (Å²) in [4.78, 5) is 25.6. The molecule has 2 aromatic heterocycles. The quantitative estimate of drug-likeness (QED) is 0.206. The number of amides is 1. The van der Waals surface area contributed by atoms with Crippen LogP contribution in [0.5, 0.6) is 0 Å². The minimum absolute atomic E-state index is 0.149. The molecule has 3 rings (SSSR count). The highest BCUT2D eigenvalue weighted by Gasteiger charge is 2.27. The molecule has 1 aromatic carbocycles. The van der Waals surface area contributed by atoms with Crippen LogP contribution in [-0.2, 0) is 38.7 Å². The first-order valence-electron chi connectivity index (χ1n) is 11.6. The first-order chi connectivity index (χ1) is 17.6. The van der Waals surface area contributed by atoms with Crippen molar-refractivity contribution in [2.45, 2.75) is 54.8 Å². The molecule has 0 bridgehead atoms. The third-order valence-corrected chi connectivity index (χ3v) is 8.36. The zero-order valence-electron chi connectivity index (χ0n) is 21.2. The van der Waals surface area contributed by atoms with Crippen molar-refractivity contribution in [3.8, 4) is 0 Å². The number of hydrogen-bond donors (Lipinski definition) is 1. The number of aryl methyl sites for hydroxylation is 2. The fraction of sp³-hybridized carbons (Fsp3) is 0.375. The van der Waals surface area contributed by atoms with E-state index in [4.69, 9.17) is 4.74 Å². The van der Waals surface area contributed by atoms with E-state index in [2.05, 4.69) is 27.2 Å². The smallest absolute Gasteiger partial charge is 0.343 e. The predicted molar refractivity (Wildman–Crippen MR) is 140 cm³/mol. The van der Waals surface area contributed by atoms with Gasteiger partial charge in [0.2, 0.25) is 5.91 Å². The number of aromatic nitrogens is 5. The minimum atomic E-state index is -3.66. The predicted octanol–water partition coefficient (Wildman–Crippen LogP) is 3.17. The SMILES string of the molecule is C=CCn1c(CS(=O)(=O)c2ccc(C)cc2)nnc1SC(CC)C(=O)Nc1c(C(=O)OCC)cnn1C. The van der Waals surface area contributed by atoms with E-state index in [-0.39, 0.29) is 46.9 Å². The Morgan fingerprint density at radius 1 is 1.22 bits per heavy atom. The Bertz CT molecular complexity index is 1380. The lowest BCUT2D eigenvalue weighted by molar-refractivity contribution is -0.115. The second-order valence-electron chi connectivity index (χ2n) is 8.13. The lowest BCUT2D eigenvalue weighted by Gasteiger charge is -2.16. The van der Waals surface area contributed by atoms with E-state index >= 15 is 0 Å². The zero-order chi connectivity index (χ0) is 27.2. The van der Waals surface area contributed by atoms with Gasteiger partial charge in [-0.15, -0.1) is 16.8 Å². The molecule has 0 aliphatic carbocycles. The van der Waals surface area contributed by atoms with E-state index < -0.39 is 21.1 Å². The Kier molecular flexibility index (Phi) is 9.27. The molecule has 0 radical (unpaired) electrons. The Morgan fingerprint density at radius 3 is 2.54 bits per heavy atom. The average Bonchev–Trinajstić information content (AvgIpc) is 3.40. The number of nitrogens with zero attached hydrogens (tertiary/aromatic N) is 5. The van der Waals surface area contributed by atoms with Gasteiger partial charge in [-0.3, -0.25) is 9.48 Å². The molecule has 3 aromatic rings. The Hall–Kier alpha value is -3.45. The van der Waals surface area contributed by atoms with Crippen LogP contribution < -0.4 is 5.32 Å². The number of sulfone groups is 1. The molecule has 1 unspecified atom stereocenters. The molecule has 11 nitrogen and oxygen atoms in total. The largest absolute Gasteiger partial charge is 0.462 e. The van der Waals surface area contributed by atoms with Crippen LogP contribution in [0.4, 0.5) is 5.82 Å². The van der Waals surface area contributed by atoms with Crippen molar-refractivity contribution in [3.05, 3.63) is 60.1 Å². The van der Waals surface area contributed by atoms with E-state index in [0.717, 1.165) is 17.3 Å². The Balaban J connectivity index is 1.82. The molecule has 1 atom stereocenters. The lowest BCUT2D eigenvalue weighted by atomic mass is 10.2. The molecule has 1 N–H and O–H groups in total. The maximum absolute atomic E-state index is 13.1. The van der Waals surface area contributed by atoms with Crippen molar-refractivity contribution in [2.24, 2.45) is 7.05 Å². The van der Waals surface area contributed by atoms with Gasteiger partial charge in [0.05, 0.1) is 22.9 Å². The van der Waals surface area contributed by atoms with Gasteiger partial charge in [-0.25, -0.2) is 13.2 Å². The fourth-order valence-corrected chi connectivity index (χ4v) is 5.67. The summed E-state index contributed by atoms with van der Waals surface area (Å²) in [6, 6.07) is 6.61. The fourth-order valence-electron chi connectivity index (χ4n) is 3.41. The third-order valence-electron chi connectivity index (χ3n) is 5.39. The molecule has 1 amide bonds. The summed E-state index contributed by atoms with van der Waals surface area (Å²) >= 11 is 1.15. The molecular weight excluding hydrogens is 516 g/mol. The second-order valence-corrected chi connectivity index (χ2v) is 11.3. The molecule has 13 heteroatoms. The number of allylic oxidation sites excluding steroid dienone is 1. The van der Waals surface area contributed by atoms with Crippen LogP contribution in [0, 0.1) is 6.92 Å². The summed E-state index contributed by atoms with van der Waals surface area (Å²) in [7, 11) is -2.06. The van der Waals surface area contributed by atoms with Gasteiger partial charge in [-0.2, -0.15) is 5.10 Å². The number of esters is 1. The molecule has 0 fully saturated rings. The van der Waals surface area contributed by atoms with Crippen molar-refractivity contribution in [1.29, 1.82) is 0 Å². The summed E-state index contributed by atoms with van der Waals surface area (Å²) in [6.45, 7) is 9.61. The van der Waals surface area contributed by atoms with Crippen LogP contribution in [0.3, 0.4) is 0 Å². The number of anilines is 1. The van der Waals surface area contributed by atoms with E-state index in [0.29, 0.717) is 11.6 Å². The van der Waals surface area contributed by atoms with Crippen LogP contribution in [-0.4, -0.2) is 56.7 Å². The minimum Gasteiger partial charge on any atom is -0.462 e. The van der Waals surface area contributed by atoms with Gasteiger partial charge in [0.15, 0.2) is 15.0 Å². The van der Waals surface area contributed by atoms with Crippen LogP contribution in [0.1, 0.15) is 42.0 Å². The zero-order valence-corrected chi connectivity index (χ0v) is 22.8. The van der Waals surface area contributed by atoms with Crippen LogP contribution in [0.15, 0.2) is 53.2 Å². The molecule has 0 aliphatic rings. The topological polar surface area (TPSA) is 138 Å². The van der Waals surface area contributed by atoms with Crippen LogP contribution >= 0.6 is 11.8 Å². The van der Waals surface area contributed by atoms with Crippen molar-refractivity contribution in [1.82, 2.24) is 24.5 Å².